The molecule has 0 fully saturated rings. The van der Waals surface area contributed by atoms with E-state index in [9.17, 15) is 13.2 Å². The summed E-state index contributed by atoms with van der Waals surface area (Å²) >= 11 is 0. The van der Waals surface area contributed by atoms with Crippen LogP contribution in [0.1, 0.15) is 12.5 Å². The minimum Gasteiger partial charge on any atom is -0.408 e. The lowest BCUT2D eigenvalue weighted by atomic mass is 10.2. The van der Waals surface area contributed by atoms with Crippen LogP contribution in [0, 0.1) is 6.92 Å². The molecule has 6 nitrogen and oxygen atoms in total. The normalized spacial score (nSPS) is 11.0. The number of nitrogens with zero attached hydrogens (tertiary/aromatic N) is 1. The molecule has 128 valence electrons. The Morgan fingerprint density at radius 1 is 1.12 bits per heavy atom. The third-order valence-electron chi connectivity index (χ3n) is 3.45. The van der Waals surface area contributed by atoms with Crippen molar-refractivity contribution in [2.75, 3.05) is 18.3 Å². The summed E-state index contributed by atoms with van der Waals surface area (Å²) in [6.07, 6.45) is -0.556. The van der Waals surface area contributed by atoms with Gasteiger partial charge in [-0.15, -0.1) is 0 Å². The Kier molecular flexibility index (Phi) is 5.46. The lowest BCUT2D eigenvalue weighted by molar-refractivity contribution is 0.165. The fourth-order valence-corrected chi connectivity index (χ4v) is 2.93. The Balaban J connectivity index is 2.26. The predicted octanol–water partition coefficient (Wildman–Crippen LogP) is 3.25. The molecule has 2 aromatic rings. The van der Waals surface area contributed by atoms with Gasteiger partial charge in [0, 0.05) is 13.6 Å². The van der Waals surface area contributed by atoms with Gasteiger partial charge in [-0.1, -0.05) is 29.8 Å². The molecule has 1 amide bonds. The van der Waals surface area contributed by atoms with E-state index in [1.165, 1.54) is 23.1 Å². The largest absolute Gasteiger partial charge is 0.415 e. The van der Waals surface area contributed by atoms with Crippen LogP contribution in [0.3, 0.4) is 0 Å². The number of hydrogen-bond acceptors (Lipinski definition) is 4. The van der Waals surface area contributed by atoms with Gasteiger partial charge in [-0.3, -0.25) is 4.72 Å². The van der Waals surface area contributed by atoms with Crippen LogP contribution < -0.4 is 9.46 Å². The van der Waals surface area contributed by atoms with Crippen LogP contribution in [0.2, 0.25) is 0 Å². The lowest BCUT2D eigenvalue weighted by Crippen LogP contribution is -2.29. The maximum absolute atomic E-state index is 12.5. The molecule has 0 aliphatic carbocycles. The number of carbonyl (C=O) groups is 1. The highest BCUT2D eigenvalue weighted by Crippen LogP contribution is 2.27. The van der Waals surface area contributed by atoms with Crippen molar-refractivity contribution in [3.05, 3.63) is 54.1 Å². The number of nitrogens with one attached hydrogen (secondary N) is 1. The summed E-state index contributed by atoms with van der Waals surface area (Å²) in [4.78, 5) is 13.4. The molecule has 0 radical (unpaired) electrons. The SMILES string of the molecule is CCN(C)C(=O)Oc1ccccc1NS(=O)(=O)c1ccc(C)cc1. The third-order valence-corrected chi connectivity index (χ3v) is 4.83. The number of para-hydroxylation sites is 2. The van der Waals surface area contributed by atoms with Gasteiger partial charge in [0.25, 0.3) is 10.0 Å². The monoisotopic (exact) mass is 348 g/mol. The molecule has 0 bridgehead atoms. The molecule has 0 aliphatic heterocycles. The molecule has 0 atom stereocenters. The molecule has 0 heterocycles. The van der Waals surface area contributed by atoms with Crippen LogP contribution in [-0.4, -0.2) is 33.0 Å². The van der Waals surface area contributed by atoms with E-state index in [4.69, 9.17) is 4.74 Å². The van der Waals surface area contributed by atoms with Crippen molar-refractivity contribution in [1.29, 1.82) is 0 Å². The van der Waals surface area contributed by atoms with E-state index in [1.807, 2.05) is 13.8 Å². The standard InChI is InChI=1S/C17H20N2O4S/c1-4-19(3)17(20)23-16-8-6-5-7-15(16)18-24(21,22)14-11-9-13(2)10-12-14/h5-12,18H,4H2,1-3H3. The molecule has 0 spiro atoms. The van der Waals surface area contributed by atoms with Gasteiger partial charge in [0.05, 0.1) is 10.6 Å². The maximum Gasteiger partial charge on any atom is 0.415 e. The Hall–Kier alpha value is -2.54. The number of sulfonamides is 1. The summed E-state index contributed by atoms with van der Waals surface area (Å²) in [5, 5.41) is 0. The summed E-state index contributed by atoms with van der Waals surface area (Å²) in [6.45, 7) is 4.17. The Labute approximate surface area is 142 Å². The van der Waals surface area contributed by atoms with Gasteiger partial charge >= 0.3 is 6.09 Å². The van der Waals surface area contributed by atoms with E-state index in [0.717, 1.165) is 5.56 Å². The topological polar surface area (TPSA) is 75.7 Å². The van der Waals surface area contributed by atoms with Crippen LogP contribution >= 0.6 is 0 Å². The van der Waals surface area contributed by atoms with E-state index < -0.39 is 16.1 Å². The average molecular weight is 348 g/mol. The first-order chi connectivity index (χ1) is 11.3. The Morgan fingerprint density at radius 3 is 2.38 bits per heavy atom. The highest BCUT2D eigenvalue weighted by atomic mass is 32.2. The van der Waals surface area contributed by atoms with Crippen molar-refractivity contribution < 1.29 is 17.9 Å². The van der Waals surface area contributed by atoms with Crippen molar-refractivity contribution in [3.63, 3.8) is 0 Å². The average Bonchev–Trinajstić information content (AvgIpc) is 2.56. The van der Waals surface area contributed by atoms with Crippen molar-refractivity contribution in [2.45, 2.75) is 18.7 Å². The highest BCUT2D eigenvalue weighted by Gasteiger charge is 2.18. The molecule has 1 N–H and O–H groups in total. The number of rotatable bonds is 5. The number of aryl methyl sites for hydroxylation is 1. The molecule has 0 saturated heterocycles. The first kappa shape index (κ1) is 17.8. The Morgan fingerprint density at radius 2 is 1.75 bits per heavy atom. The van der Waals surface area contributed by atoms with Gasteiger partial charge in [0.1, 0.15) is 0 Å². The fourth-order valence-electron chi connectivity index (χ4n) is 1.86. The second-order valence-electron chi connectivity index (χ2n) is 5.30. The minimum absolute atomic E-state index is 0.139. The summed E-state index contributed by atoms with van der Waals surface area (Å²) in [5.74, 6) is 0.151. The van der Waals surface area contributed by atoms with E-state index >= 15 is 0 Å². The molecule has 0 aromatic heterocycles. The zero-order chi connectivity index (χ0) is 17.7. The summed E-state index contributed by atoms with van der Waals surface area (Å²) in [6, 6.07) is 12.9. The quantitative estimate of drug-likeness (QED) is 0.900. The van der Waals surface area contributed by atoms with E-state index in [1.54, 1.807) is 37.4 Å². The summed E-state index contributed by atoms with van der Waals surface area (Å²) < 4.78 is 32.7. The molecule has 24 heavy (non-hydrogen) atoms. The first-order valence-corrected chi connectivity index (χ1v) is 8.93. The number of benzene rings is 2. The second kappa shape index (κ2) is 7.35. The predicted molar refractivity (Wildman–Crippen MR) is 92.8 cm³/mol. The maximum atomic E-state index is 12.5. The minimum atomic E-state index is -3.77. The zero-order valence-electron chi connectivity index (χ0n) is 13.8. The van der Waals surface area contributed by atoms with Crippen LogP contribution in [0.15, 0.2) is 53.4 Å². The molecule has 7 heteroatoms. The van der Waals surface area contributed by atoms with Crippen LogP contribution in [0.5, 0.6) is 5.75 Å². The molecular weight excluding hydrogens is 328 g/mol. The van der Waals surface area contributed by atoms with Crippen molar-refractivity contribution in [3.8, 4) is 5.75 Å². The number of hydrogen-bond donors (Lipinski definition) is 1. The molecule has 0 unspecified atom stereocenters. The molecular formula is C17H20N2O4S. The van der Waals surface area contributed by atoms with E-state index in [-0.39, 0.29) is 16.3 Å². The first-order valence-electron chi connectivity index (χ1n) is 7.45. The van der Waals surface area contributed by atoms with Crippen LogP contribution in [-0.2, 0) is 10.0 Å². The zero-order valence-corrected chi connectivity index (χ0v) is 14.6. The van der Waals surface area contributed by atoms with Crippen molar-refractivity contribution in [2.24, 2.45) is 0 Å². The fraction of sp³-hybridized carbons (Fsp3) is 0.235. The van der Waals surface area contributed by atoms with Gasteiger partial charge in [0.2, 0.25) is 0 Å². The lowest BCUT2D eigenvalue weighted by Gasteiger charge is -2.17. The van der Waals surface area contributed by atoms with Crippen LogP contribution in [0.4, 0.5) is 10.5 Å². The van der Waals surface area contributed by atoms with Crippen molar-refractivity contribution in [1.82, 2.24) is 4.90 Å². The molecule has 0 aliphatic rings. The second-order valence-corrected chi connectivity index (χ2v) is 6.98. The van der Waals surface area contributed by atoms with Gasteiger partial charge in [-0.25, -0.2) is 13.2 Å². The third kappa shape index (κ3) is 4.26. The molecule has 2 aromatic carbocycles. The Bertz CT molecular complexity index is 817. The van der Waals surface area contributed by atoms with Gasteiger partial charge in [-0.05, 0) is 38.1 Å². The molecule has 0 saturated carbocycles. The van der Waals surface area contributed by atoms with Crippen molar-refractivity contribution >= 4 is 21.8 Å². The van der Waals surface area contributed by atoms with Gasteiger partial charge in [-0.2, -0.15) is 0 Å². The van der Waals surface area contributed by atoms with E-state index in [0.29, 0.717) is 6.54 Å². The van der Waals surface area contributed by atoms with Gasteiger partial charge < -0.3 is 9.64 Å². The molecule has 2 rings (SSSR count). The van der Waals surface area contributed by atoms with Crippen LogP contribution in [0.25, 0.3) is 0 Å². The summed E-state index contributed by atoms with van der Waals surface area (Å²) in [5.41, 5.74) is 1.17. The number of amides is 1. The van der Waals surface area contributed by atoms with E-state index in [2.05, 4.69) is 4.72 Å². The summed E-state index contributed by atoms with van der Waals surface area (Å²) in [7, 11) is -2.17. The smallest absolute Gasteiger partial charge is 0.408 e. The highest BCUT2D eigenvalue weighted by molar-refractivity contribution is 7.92. The number of ether oxygens (including phenoxy) is 1. The number of carbonyl (C=O) groups excluding carboxylic acids is 1. The number of anilines is 1. The van der Waals surface area contributed by atoms with Gasteiger partial charge in [0.15, 0.2) is 5.75 Å².